The van der Waals surface area contributed by atoms with Crippen LogP contribution in [0.25, 0.3) is 0 Å². The van der Waals surface area contributed by atoms with Gasteiger partial charge in [-0.15, -0.1) is 0 Å². The van der Waals surface area contributed by atoms with Gasteiger partial charge in [-0.25, -0.2) is 13.2 Å². The van der Waals surface area contributed by atoms with Gasteiger partial charge in [-0.2, -0.15) is 0 Å². The normalized spacial score (nSPS) is 21.9. The Bertz CT molecular complexity index is 569. The van der Waals surface area contributed by atoms with Gasteiger partial charge < -0.3 is 10.4 Å². The molecule has 7 heteroatoms. The fraction of sp³-hybridized carbons (Fsp3) is 0.429. The molecule has 1 saturated carbocycles. The number of rotatable bonds is 3. The van der Waals surface area contributed by atoms with Crippen molar-refractivity contribution in [3.63, 3.8) is 0 Å². The van der Waals surface area contributed by atoms with E-state index in [0.29, 0.717) is 25.7 Å². The Morgan fingerprint density at radius 3 is 2.14 bits per heavy atom. The van der Waals surface area contributed by atoms with E-state index in [-0.39, 0.29) is 0 Å². The Hall–Kier alpha value is -2.05. The number of anilines is 1. The van der Waals surface area contributed by atoms with E-state index in [1.807, 2.05) is 0 Å². The molecule has 0 unspecified atom stereocenters. The summed E-state index contributed by atoms with van der Waals surface area (Å²) < 4.78 is 39.3. The van der Waals surface area contributed by atoms with Gasteiger partial charge in [0.2, 0.25) is 5.91 Å². The molecule has 1 aromatic rings. The van der Waals surface area contributed by atoms with Crippen LogP contribution < -0.4 is 5.32 Å². The monoisotopic (exact) mass is 301 g/mol. The van der Waals surface area contributed by atoms with E-state index in [9.17, 15) is 22.8 Å². The van der Waals surface area contributed by atoms with Crippen LogP contribution in [0.3, 0.4) is 0 Å². The van der Waals surface area contributed by atoms with Gasteiger partial charge in [0.15, 0.2) is 17.5 Å². The predicted octanol–water partition coefficient (Wildman–Crippen LogP) is 2.93. The van der Waals surface area contributed by atoms with Gasteiger partial charge in [-0.1, -0.05) is 0 Å². The van der Waals surface area contributed by atoms with Crippen molar-refractivity contribution < 1.29 is 27.9 Å². The van der Waals surface area contributed by atoms with E-state index in [0.717, 1.165) is 12.1 Å². The maximum atomic E-state index is 13.5. The molecule has 0 saturated heterocycles. The summed E-state index contributed by atoms with van der Waals surface area (Å²) in [7, 11) is 0. The topological polar surface area (TPSA) is 66.4 Å². The maximum Gasteiger partial charge on any atom is 0.306 e. The summed E-state index contributed by atoms with van der Waals surface area (Å²) in [5.41, 5.74) is -0.417. The van der Waals surface area contributed by atoms with Crippen LogP contribution in [0.15, 0.2) is 12.1 Å². The van der Waals surface area contributed by atoms with Crippen molar-refractivity contribution in [3.05, 3.63) is 29.6 Å². The summed E-state index contributed by atoms with van der Waals surface area (Å²) in [6.45, 7) is 0. The van der Waals surface area contributed by atoms with Crippen LogP contribution in [0.2, 0.25) is 0 Å². The Kier molecular flexibility index (Phi) is 4.50. The van der Waals surface area contributed by atoms with Gasteiger partial charge in [-0.3, -0.25) is 9.59 Å². The fourth-order valence-corrected chi connectivity index (χ4v) is 2.46. The third-order valence-corrected chi connectivity index (χ3v) is 3.74. The first-order chi connectivity index (χ1) is 9.90. The quantitative estimate of drug-likeness (QED) is 0.844. The van der Waals surface area contributed by atoms with E-state index in [1.165, 1.54) is 0 Å². The molecule has 0 heterocycles. The summed E-state index contributed by atoms with van der Waals surface area (Å²) in [5.74, 6) is -6.72. The number of halogens is 3. The third kappa shape index (κ3) is 3.34. The van der Waals surface area contributed by atoms with E-state index < -0.39 is 46.9 Å². The van der Waals surface area contributed by atoms with Gasteiger partial charge in [0.25, 0.3) is 0 Å². The maximum absolute atomic E-state index is 13.5. The first-order valence-corrected chi connectivity index (χ1v) is 6.57. The van der Waals surface area contributed by atoms with Crippen molar-refractivity contribution >= 4 is 17.6 Å². The first kappa shape index (κ1) is 15.3. The van der Waals surface area contributed by atoms with Crippen LogP contribution in [0.5, 0.6) is 0 Å². The van der Waals surface area contributed by atoms with E-state index in [2.05, 4.69) is 5.32 Å². The van der Waals surface area contributed by atoms with Gasteiger partial charge in [-0.05, 0) is 37.8 Å². The molecule has 0 spiro atoms. The molecule has 4 nitrogen and oxygen atoms in total. The molecular formula is C14H14F3NO3. The van der Waals surface area contributed by atoms with Crippen molar-refractivity contribution in [2.45, 2.75) is 25.7 Å². The number of carboxylic acids is 1. The Morgan fingerprint density at radius 2 is 1.57 bits per heavy atom. The molecule has 21 heavy (non-hydrogen) atoms. The summed E-state index contributed by atoms with van der Waals surface area (Å²) in [5, 5.41) is 11.1. The Morgan fingerprint density at radius 1 is 1.00 bits per heavy atom. The van der Waals surface area contributed by atoms with Crippen LogP contribution in [-0.2, 0) is 9.59 Å². The second-order valence-electron chi connectivity index (χ2n) is 5.10. The fourth-order valence-electron chi connectivity index (χ4n) is 2.46. The van der Waals surface area contributed by atoms with Crippen LogP contribution >= 0.6 is 0 Å². The SMILES string of the molecule is O=C(O)C1CCC(C(=O)Nc2ccc(F)c(F)c2F)CC1. The molecule has 1 amide bonds. The number of carbonyl (C=O) groups is 2. The number of benzene rings is 1. The number of carbonyl (C=O) groups excluding carboxylic acids is 1. The van der Waals surface area contributed by atoms with Crippen molar-refractivity contribution in [1.29, 1.82) is 0 Å². The molecular weight excluding hydrogens is 287 g/mol. The second kappa shape index (κ2) is 6.15. The largest absolute Gasteiger partial charge is 0.481 e. The van der Waals surface area contributed by atoms with Crippen LogP contribution in [-0.4, -0.2) is 17.0 Å². The lowest BCUT2D eigenvalue weighted by Crippen LogP contribution is -2.29. The van der Waals surface area contributed by atoms with Crippen molar-refractivity contribution in [2.75, 3.05) is 5.32 Å². The molecule has 2 N–H and O–H groups in total. The van der Waals surface area contributed by atoms with Crippen LogP contribution in [0, 0.1) is 29.3 Å². The van der Waals surface area contributed by atoms with Gasteiger partial charge in [0.1, 0.15) is 0 Å². The summed E-state index contributed by atoms with van der Waals surface area (Å²) in [6.07, 6.45) is 1.48. The van der Waals surface area contributed by atoms with Crippen molar-refractivity contribution in [2.24, 2.45) is 11.8 Å². The van der Waals surface area contributed by atoms with Crippen molar-refractivity contribution in [3.8, 4) is 0 Å². The van der Waals surface area contributed by atoms with E-state index >= 15 is 0 Å². The number of hydrogen-bond donors (Lipinski definition) is 2. The number of nitrogens with one attached hydrogen (secondary N) is 1. The highest BCUT2D eigenvalue weighted by atomic mass is 19.2. The summed E-state index contributed by atoms with van der Waals surface area (Å²) >= 11 is 0. The van der Waals surface area contributed by atoms with Crippen LogP contribution in [0.1, 0.15) is 25.7 Å². The predicted molar refractivity (Wildman–Crippen MR) is 68.0 cm³/mol. The molecule has 0 bridgehead atoms. The number of aliphatic carboxylic acids is 1. The van der Waals surface area contributed by atoms with Gasteiger partial charge in [0, 0.05) is 5.92 Å². The number of carboxylic acid groups (broad SMARTS) is 1. The summed E-state index contributed by atoms with van der Waals surface area (Å²) in [6, 6.07) is 1.68. The molecule has 1 fully saturated rings. The highest BCUT2D eigenvalue weighted by Crippen LogP contribution is 2.30. The minimum Gasteiger partial charge on any atom is -0.481 e. The second-order valence-corrected chi connectivity index (χ2v) is 5.10. The Labute approximate surface area is 119 Å². The highest BCUT2D eigenvalue weighted by molar-refractivity contribution is 5.92. The summed E-state index contributed by atoms with van der Waals surface area (Å²) in [4.78, 5) is 22.8. The lowest BCUT2D eigenvalue weighted by Gasteiger charge is -2.25. The van der Waals surface area contributed by atoms with E-state index in [4.69, 9.17) is 5.11 Å². The molecule has 0 atom stereocenters. The first-order valence-electron chi connectivity index (χ1n) is 6.57. The smallest absolute Gasteiger partial charge is 0.306 e. The molecule has 114 valence electrons. The number of hydrogen-bond acceptors (Lipinski definition) is 2. The minimum absolute atomic E-state index is 0.369. The number of amides is 1. The molecule has 1 aliphatic carbocycles. The zero-order valence-corrected chi connectivity index (χ0v) is 11.0. The van der Waals surface area contributed by atoms with Gasteiger partial charge in [0.05, 0.1) is 11.6 Å². The van der Waals surface area contributed by atoms with Gasteiger partial charge >= 0.3 is 5.97 Å². The Balaban J connectivity index is 2.00. The highest BCUT2D eigenvalue weighted by Gasteiger charge is 2.30. The third-order valence-electron chi connectivity index (χ3n) is 3.74. The lowest BCUT2D eigenvalue weighted by molar-refractivity contribution is -0.143. The average molecular weight is 301 g/mol. The average Bonchev–Trinajstić information content (AvgIpc) is 2.48. The van der Waals surface area contributed by atoms with Crippen molar-refractivity contribution in [1.82, 2.24) is 0 Å². The van der Waals surface area contributed by atoms with E-state index in [1.54, 1.807) is 0 Å². The zero-order chi connectivity index (χ0) is 15.6. The molecule has 0 radical (unpaired) electrons. The lowest BCUT2D eigenvalue weighted by atomic mass is 9.81. The molecule has 1 aliphatic rings. The molecule has 0 aromatic heterocycles. The molecule has 2 rings (SSSR count). The van der Waals surface area contributed by atoms with Crippen LogP contribution in [0.4, 0.5) is 18.9 Å². The minimum atomic E-state index is -1.64. The molecule has 1 aromatic carbocycles. The standard InChI is InChI=1S/C14H14F3NO3/c15-9-5-6-10(12(17)11(9)16)18-13(19)7-1-3-8(4-2-7)14(20)21/h5-8H,1-4H2,(H,18,19)(H,20,21). The molecule has 0 aliphatic heterocycles. The zero-order valence-electron chi connectivity index (χ0n) is 11.0.